The van der Waals surface area contributed by atoms with Gasteiger partial charge in [-0.3, -0.25) is 4.79 Å². The summed E-state index contributed by atoms with van der Waals surface area (Å²) in [6.07, 6.45) is 6.70. The molecule has 0 unspecified atom stereocenters. The molecule has 1 heterocycles. The molecule has 25 heavy (non-hydrogen) atoms. The molecule has 0 aliphatic heterocycles. The lowest BCUT2D eigenvalue weighted by atomic mass is 10.1. The molecule has 0 saturated carbocycles. The Morgan fingerprint density at radius 1 is 0.960 bits per heavy atom. The van der Waals surface area contributed by atoms with E-state index in [1.54, 1.807) is 12.4 Å². The molecule has 0 spiro atoms. The first-order valence-corrected chi connectivity index (χ1v) is 8.56. The van der Waals surface area contributed by atoms with Crippen molar-refractivity contribution in [1.29, 1.82) is 0 Å². The molecule has 1 aromatic heterocycles. The van der Waals surface area contributed by atoms with Crippen molar-refractivity contribution in [2.75, 3.05) is 0 Å². The largest absolute Gasteiger partial charge is 0.348 e. The van der Waals surface area contributed by atoms with Gasteiger partial charge in [-0.25, -0.2) is 9.97 Å². The lowest BCUT2D eigenvalue weighted by Gasteiger charge is -2.07. The van der Waals surface area contributed by atoms with Gasteiger partial charge in [0.15, 0.2) is 5.82 Å². The van der Waals surface area contributed by atoms with Gasteiger partial charge in [-0.1, -0.05) is 48.5 Å². The van der Waals surface area contributed by atoms with Crippen molar-refractivity contribution in [3.63, 3.8) is 0 Å². The summed E-state index contributed by atoms with van der Waals surface area (Å²) >= 11 is 0. The summed E-state index contributed by atoms with van der Waals surface area (Å²) in [5.74, 6) is 0.468. The molecule has 4 rings (SSSR count). The Bertz CT molecular complexity index is 889. The second kappa shape index (κ2) is 6.85. The maximum absolute atomic E-state index is 12.3. The van der Waals surface area contributed by atoms with Crippen molar-refractivity contribution in [2.45, 2.75) is 25.8 Å². The van der Waals surface area contributed by atoms with Crippen LogP contribution in [0.15, 0.2) is 60.9 Å². The normalized spacial score (nSPS) is 12.6. The molecular weight excluding hydrogens is 310 g/mol. The van der Waals surface area contributed by atoms with Crippen LogP contribution in [0.5, 0.6) is 0 Å². The zero-order valence-electron chi connectivity index (χ0n) is 13.9. The number of hydrogen-bond donors (Lipinski definition) is 1. The smallest absolute Gasteiger partial charge is 0.254 e. The molecule has 0 bridgehead atoms. The summed E-state index contributed by atoms with van der Waals surface area (Å²) in [6.45, 7) is 0.520. The van der Waals surface area contributed by atoms with Crippen molar-refractivity contribution in [3.8, 4) is 11.4 Å². The van der Waals surface area contributed by atoms with Crippen LogP contribution >= 0.6 is 0 Å². The van der Waals surface area contributed by atoms with Crippen LogP contribution in [0.1, 0.15) is 33.5 Å². The number of carbonyl (C=O) groups is 1. The van der Waals surface area contributed by atoms with Gasteiger partial charge < -0.3 is 5.32 Å². The first-order chi connectivity index (χ1) is 12.3. The number of carbonyl (C=O) groups excluding carboxylic acids is 1. The highest BCUT2D eigenvalue weighted by Gasteiger charge is 2.12. The second-order valence-corrected chi connectivity index (χ2v) is 6.30. The molecule has 1 aliphatic rings. The highest BCUT2D eigenvalue weighted by molar-refractivity contribution is 5.93. The summed E-state index contributed by atoms with van der Waals surface area (Å²) < 4.78 is 0. The van der Waals surface area contributed by atoms with E-state index in [1.165, 1.54) is 24.0 Å². The molecule has 3 aromatic rings. The Hall–Kier alpha value is -3.01. The highest BCUT2D eigenvalue weighted by atomic mass is 16.1. The van der Waals surface area contributed by atoms with E-state index in [1.807, 2.05) is 30.3 Å². The van der Waals surface area contributed by atoms with E-state index in [-0.39, 0.29) is 5.91 Å². The van der Waals surface area contributed by atoms with Crippen molar-refractivity contribution in [2.24, 2.45) is 0 Å². The lowest BCUT2D eigenvalue weighted by Crippen LogP contribution is -2.23. The van der Waals surface area contributed by atoms with Crippen LogP contribution in [-0.4, -0.2) is 15.9 Å². The van der Waals surface area contributed by atoms with Crippen molar-refractivity contribution < 1.29 is 4.79 Å². The molecule has 1 amide bonds. The summed E-state index contributed by atoms with van der Waals surface area (Å²) in [4.78, 5) is 20.9. The molecule has 1 aliphatic carbocycles. The fourth-order valence-corrected chi connectivity index (χ4v) is 3.20. The number of benzene rings is 2. The maximum Gasteiger partial charge on any atom is 0.254 e. The molecule has 0 fully saturated rings. The maximum atomic E-state index is 12.3. The van der Waals surface area contributed by atoms with Crippen molar-refractivity contribution >= 4 is 5.91 Å². The second-order valence-electron chi connectivity index (χ2n) is 6.30. The number of hydrogen-bond acceptors (Lipinski definition) is 3. The molecule has 2 aromatic carbocycles. The minimum Gasteiger partial charge on any atom is -0.348 e. The van der Waals surface area contributed by atoms with Crippen LogP contribution in [0, 0.1) is 0 Å². The van der Waals surface area contributed by atoms with Gasteiger partial charge in [0.2, 0.25) is 0 Å². The van der Waals surface area contributed by atoms with E-state index >= 15 is 0 Å². The van der Waals surface area contributed by atoms with Crippen molar-refractivity contribution in [1.82, 2.24) is 15.3 Å². The van der Waals surface area contributed by atoms with E-state index in [2.05, 4.69) is 33.5 Å². The molecular formula is C21H19N3O. The predicted octanol–water partition coefficient (Wildman–Crippen LogP) is 3.56. The number of aryl methyl sites for hydroxylation is 2. The van der Waals surface area contributed by atoms with Crippen LogP contribution in [0.2, 0.25) is 0 Å². The molecule has 0 atom stereocenters. The monoisotopic (exact) mass is 329 g/mol. The van der Waals surface area contributed by atoms with E-state index in [9.17, 15) is 4.79 Å². The minimum atomic E-state index is -0.153. The van der Waals surface area contributed by atoms with Gasteiger partial charge in [-0.15, -0.1) is 0 Å². The molecule has 0 radical (unpaired) electrons. The number of nitrogens with one attached hydrogen (secondary N) is 1. The molecule has 4 nitrogen and oxygen atoms in total. The van der Waals surface area contributed by atoms with Crippen LogP contribution in [-0.2, 0) is 19.4 Å². The average Bonchev–Trinajstić information content (AvgIpc) is 3.15. The number of fused-ring (bicyclic) bond motifs is 1. The molecule has 1 N–H and O–H groups in total. The van der Waals surface area contributed by atoms with Gasteiger partial charge in [-0.2, -0.15) is 0 Å². The van der Waals surface area contributed by atoms with E-state index in [0.717, 1.165) is 17.5 Å². The van der Waals surface area contributed by atoms with E-state index in [0.29, 0.717) is 17.9 Å². The summed E-state index contributed by atoms with van der Waals surface area (Å²) in [7, 11) is 0. The molecule has 4 heteroatoms. The zero-order valence-corrected chi connectivity index (χ0v) is 13.9. The van der Waals surface area contributed by atoms with Crippen LogP contribution < -0.4 is 5.32 Å². The molecule has 0 saturated heterocycles. The number of nitrogens with zero attached hydrogens (tertiary/aromatic N) is 2. The fourth-order valence-electron chi connectivity index (χ4n) is 3.20. The minimum absolute atomic E-state index is 0.153. The van der Waals surface area contributed by atoms with E-state index in [4.69, 9.17) is 0 Å². The fraction of sp³-hybridized carbons (Fsp3) is 0.190. The van der Waals surface area contributed by atoms with Gasteiger partial charge in [0.25, 0.3) is 5.91 Å². The first-order valence-electron chi connectivity index (χ1n) is 8.56. The summed E-state index contributed by atoms with van der Waals surface area (Å²) in [5, 5.41) is 2.95. The third kappa shape index (κ3) is 3.43. The Balaban J connectivity index is 1.41. The predicted molar refractivity (Wildman–Crippen MR) is 97.1 cm³/mol. The van der Waals surface area contributed by atoms with Gasteiger partial charge in [-0.05, 0) is 36.0 Å². The number of aromatic nitrogens is 2. The summed E-state index contributed by atoms with van der Waals surface area (Å²) in [5.41, 5.74) is 5.41. The van der Waals surface area contributed by atoms with Crippen molar-refractivity contribution in [3.05, 3.63) is 83.2 Å². The van der Waals surface area contributed by atoms with Crippen LogP contribution in [0.4, 0.5) is 0 Å². The van der Waals surface area contributed by atoms with E-state index < -0.39 is 0 Å². The summed E-state index contributed by atoms with van der Waals surface area (Å²) in [6, 6.07) is 16.2. The lowest BCUT2D eigenvalue weighted by molar-refractivity contribution is 0.0950. The quantitative estimate of drug-likeness (QED) is 0.796. The number of rotatable bonds is 4. The topological polar surface area (TPSA) is 54.9 Å². The SMILES string of the molecule is O=C(NCc1ccc2c(c1)CCC2)c1cnc(-c2ccccc2)nc1. The Morgan fingerprint density at radius 2 is 1.72 bits per heavy atom. The third-order valence-electron chi connectivity index (χ3n) is 4.56. The van der Waals surface area contributed by atoms with Gasteiger partial charge in [0.1, 0.15) is 0 Å². The van der Waals surface area contributed by atoms with Crippen LogP contribution in [0.3, 0.4) is 0 Å². The van der Waals surface area contributed by atoms with Gasteiger partial charge >= 0.3 is 0 Å². The zero-order chi connectivity index (χ0) is 17.1. The Labute approximate surface area is 147 Å². The highest BCUT2D eigenvalue weighted by Crippen LogP contribution is 2.22. The standard InChI is InChI=1S/C21H19N3O/c25-21(24-12-15-9-10-16-7-4-8-18(16)11-15)19-13-22-20(23-14-19)17-5-2-1-3-6-17/h1-3,5-6,9-11,13-14H,4,7-8,12H2,(H,24,25). The van der Waals surface area contributed by atoms with Gasteiger partial charge in [0.05, 0.1) is 5.56 Å². The number of amides is 1. The Morgan fingerprint density at radius 3 is 2.52 bits per heavy atom. The third-order valence-corrected chi connectivity index (χ3v) is 4.56. The first kappa shape index (κ1) is 15.5. The van der Waals surface area contributed by atoms with Crippen LogP contribution in [0.25, 0.3) is 11.4 Å². The Kier molecular flexibility index (Phi) is 4.25. The average molecular weight is 329 g/mol. The van der Waals surface area contributed by atoms with Gasteiger partial charge in [0, 0.05) is 24.5 Å². The molecule has 124 valence electrons.